The number of carbonyl (C=O) groups is 1. The van der Waals surface area contributed by atoms with Crippen LogP contribution in [0.2, 0.25) is 5.02 Å². The van der Waals surface area contributed by atoms with E-state index in [1.165, 1.54) is 11.1 Å². The first-order valence-electron chi connectivity index (χ1n) is 5.10. The molecule has 1 nitrogen and oxygen atoms in total. The van der Waals surface area contributed by atoms with E-state index >= 15 is 0 Å². The van der Waals surface area contributed by atoms with Crippen LogP contribution in [0.25, 0.3) is 0 Å². The van der Waals surface area contributed by atoms with Crippen LogP contribution in [0, 0.1) is 0 Å². The van der Waals surface area contributed by atoms with Gasteiger partial charge >= 0.3 is 0 Å². The first-order chi connectivity index (χ1) is 7.15. The second-order valence-electron chi connectivity index (χ2n) is 4.11. The highest BCUT2D eigenvalue weighted by atomic mass is 35.5. The van der Waals surface area contributed by atoms with E-state index in [0.717, 1.165) is 11.4 Å². The van der Waals surface area contributed by atoms with Gasteiger partial charge in [-0.1, -0.05) is 29.3 Å². The molecule has 1 aliphatic rings. The van der Waals surface area contributed by atoms with Gasteiger partial charge in [-0.15, -0.1) is 0 Å². The maximum atomic E-state index is 11.4. The monoisotopic (exact) mass is 220 g/mol. The van der Waals surface area contributed by atoms with E-state index in [4.69, 9.17) is 11.6 Å². The Morgan fingerprint density at radius 1 is 1.20 bits per heavy atom. The fraction of sp³-hybridized carbons (Fsp3) is 0.308. The van der Waals surface area contributed by atoms with Gasteiger partial charge in [0.25, 0.3) is 0 Å². The van der Waals surface area contributed by atoms with E-state index < -0.39 is 0 Å². The highest BCUT2D eigenvalue weighted by molar-refractivity contribution is 6.30. The summed E-state index contributed by atoms with van der Waals surface area (Å²) in [7, 11) is 0. The molecule has 0 N–H and O–H groups in total. The number of rotatable bonds is 1. The third kappa shape index (κ3) is 2.48. The molecule has 0 unspecified atom stereocenters. The third-order valence-electron chi connectivity index (χ3n) is 2.76. The Labute approximate surface area is 94.8 Å². The number of ketones is 1. The van der Waals surface area contributed by atoms with E-state index in [-0.39, 0.29) is 5.78 Å². The fourth-order valence-corrected chi connectivity index (χ4v) is 2.19. The summed E-state index contributed by atoms with van der Waals surface area (Å²) >= 11 is 5.83. The smallest absolute Gasteiger partial charge is 0.156 e. The standard InChI is InChI=1S/C13H13ClO/c1-9-6-11(8-13(15)7-9)10-2-4-12(14)5-3-10/h2-5,7,11H,6,8H2,1H3/t11-/m0/s1. The summed E-state index contributed by atoms with van der Waals surface area (Å²) in [6.45, 7) is 2.01. The molecule has 78 valence electrons. The summed E-state index contributed by atoms with van der Waals surface area (Å²) in [6.07, 6.45) is 3.36. The lowest BCUT2D eigenvalue weighted by atomic mass is 9.84. The molecule has 2 rings (SSSR count). The van der Waals surface area contributed by atoms with E-state index in [1.54, 1.807) is 6.08 Å². The van der Waals surface area contributed by atoms with Gasteiger partial charge in [0, 0.05) is 11.4 Å². The minimum atomic E-state index is 0.235. The molecule has 0 fully saturated rings. The number of halogens is 1. The van der Waals surface area contributed by atoms with Crippen molar-refractivity contribution in [2.24, 2.45) is 0 Å². The molecule has 0 amide bonds. The molecular weight excluding hydrogens is 208 g/mol. The summed E-state index contributed by atoms with van der Waals surface area (Å²) < 4.78 is 0. The quantitative estimate of drug-likeness (QED) is 0.705. The summed E-state index contributed by atoms with van der Waals surface area (Å²) in [6, 6.07) is 7.79. The molecular formula is C13H13ClO. The maximum Gasteiger partial charge on any atom is 0.156 e. The summed E-state index contributed by atoms with van der Waals surface area (Å²) in [5, 5.41) is 0.744. The summed E-state index contributed by atoms with van der Waals surface area (Å²) in [5.41, 5.74) is 2.38. The van der Waals surface area contributed by atoms with Crippen LogP contribution in [0.15, 0.2) is 35.9 Å². The SMILES string of the molecule is CC1=CC(=O)C[C@@H](c2ccc(Cl)cc2)C1. The van der Waals surface area contributed by atoms with Crippen LogP contribution < -0.4 is 0 Å². The topological polar surface area (TPSA) is 17.1 Å². The predicted octanol–water partition coefficient (Wildman–Crippen LogP) is 3.73. The number of benzene rings is 1. The van der Waals surface area contributed by atoms with E-state index in [2.05, 4.69) is 0 Å². The molecule has 1 aliphatic carbocycles. The molecule has 0 aliphatic heterocycles. The highest BCUT2D eigenvalue weighted by Gasteiger charge is 2.19. The van der Waals surface area contributed by atoms with Crippen LogP contribution in [0.3, 0.4) is 0 Å². The molecule has 0 saturated heterocycles. The zero-order chi connectivity index (χ0) is 10.8. The van der Waals surface area contributed by atoms with Gasteiger partial charge in [-0.2, -0.15) is 0 Å². The molecule has 0 heterocycles. The lowest BCUT2D eigenvalue weighted by molar-refractivity contribution is -0.115. The molecule has 1 atom stereocenters. The largest absolute Gasteiger partial charge is 0.295 e. The first kappa shape index (κ1) is 10.4. The lowest BCUT2D eigenvalue weighted by Gasteiger charge is -2.20. The second-order valence-corrected chi connectivity index (χ2v) is 4.55. The second kappa shape index (κ2) is 4.19. The number of hydrogen-bond donors (Lipinski definition) is 0. The third-order valence-corrected chi connectivity index (χ3v) is 3.02. The Kier molecular flexibility index (Phi) is 2.92. The summed E-state index contributed by atoms with van der Waals surface area (Å²) in [5.74, 6) is 0.568. The average molecular weight is 221 g/mol. The minimum absolute atomic E-state index is 0.235. The predicted molar refractivity (Wildman–Crippen MR) is 62.2 cm³/mol. The van der Waals surface area contributed by atoms with Crippen LogP contribution in [0.4, 0.5) is 0 Å². The summed E-state index contributed by atoms with van der Waals surface area (Å²) in [4.78, 5) is 11.4. The van der Waals surface area contributed by atoms with Crippen molar-refractivity contribution in [1.29, 1.82) is 0 Å². The average Bonchev–Trinajstić information content (AvgIpc) is 2.17. The molecule has 0 bridgehead atoms. The van der Waals surface area contributed by atoms with Crippen LogP contribution in [0.5, 0.6) is 0 Å². The van der Waals surface area contributed by atoms with Crippen LogP contribution in [-0.2, 0) is 4.79 Å². The van der Waals surface area contributed by atoms with Crippen molar-refractivity contribution in [3.05, 3.63) is 46.5 Å². The van der Waals surface area contributed by atoms with Crippen LogP contribution in [-0.4, -0.2) is 5.78 Å². The Hall–Kier alpha value is -1.08. The van der Waals surface area contributed by atoms with Crippen molar-refractivity contribution in [2.45, 2.75) is 25.7 Å². The normalized spacial score (nSPS) is 21.3. The van der Waals surface area contributed by atoms with Gasteiger partial charge in [-0.05, 0) is 43.0 Å². The number of carbonyl (C=O) groups excluding carboxylic acids is 1. The zero-order valence-electron chi connectivity index (χ0n) is 8.66. The number of hydrogen-bond acceptors (Lipinski definition) is 1. The van der Waals surface area contributed by atoms with Gasteiger partial charge in [0.1, 0.15) is 0 Å². The zero-order valence-corrected chi connectivity index (χ0v) is 9.42. The van der Waals surface area contributed by atoms with Gasteiger partial charge in [-0.3, -0.25) is 4.79 Å². The fourth-order valence-electron chi connectivity index (χ4n) is 2.07. The van der Waals surface area contributed by atoms with Gasteiger partial charge in [0.05, 0.1) is 0 Å². The van der Waals surface area contributed by atoms with Crippen molar-refractivity contribution in [3.63, 3.8) is 0 Å². The molecule has 0 aromatic heterocycles. The molecule has 0 spiro atoms. The number of allylic oxidation sites excluding steroid dienone is 2. The van der Waals surface area contributed by atoms with E-state index in [0.29, 0.717) is 12.3 Å². The van der Waals surface area contributed by atoms with Crippen LogP contribution in [0.1, 0.15) is 31.2 Å². The Balaban J connectivity index is 2.22. The lowest BCUT2D eigenvalue weighted by Crippen LogP contribution is -2.11. The molecule has 1 aromatic rings. The molecule has 2 heteroatoms. The molecule has 0 saturated carbocycles. The first-order valence-corrected chi connectivity index (χ1v) is 5.48. The molecule has 15 heavy (non-hydrogen) atoms. The van der Waals surface area contributed by atoms with Crippen molar-refractivity contribution in [3.8, 4) is 0 Å². The molecule has 0 radical (unpaired) electrons. The van der Waals surface area contributed by atoms with Crippen molar-refractivity contribution in [1.82, 2.24) is 0 Å². The van der Waals surface area contributed by atoms with Gasteiger partial charge in [0.15, 0.2) is 5.78 Å². The van der Waals surface area contributed by atoms with E-state index in [9.17, 15) is 4.79 Å². The Morgan fingerprint density at radius 2 is 1.87 bits per heavy atom. The van der Waals surface area contributed by atoms with Gasteiger partial charge < -0.3 is 0 Å². The minimum Gasteiger partial charge on any atom is -0.295 e. The van der Waals surface area contributed by atoms with Crippen molar-refractivity contribution >= 4 is 17.4 Å². The van der Waals surface area contributed by atoms with E-state index in [1.807, 2.05) is 31.2 Å². The Morgan fingerprint density at radius 3 is 2.47 bits per heavy atom. The van der Waals surface area contributed by atoms with Gasteiger partial charge in [0.2, 0.25) is 0 Å². The Bertz CT molecular complexity index is 403. The maximum absolute atomic E-state index is 11.4. The van der Waals surface area contributed by atoms with Gasteiger partial charge in [-0.25, -0.2) is 0 Å². The molecule has 1 aromatic carbocycles. The van der Waals surface area contributed by atoms with Crippen molar-refractivity contribution < 1.29 is 4.79 Å². The van der Waals surface area contributed by atoms with Crippen LogP contribution >= 0.6 is 11.6 Å². The highest BCUT2D eigenvalue weighted by Crippen LogP contribution is 2.31. The van der Waals surface area contributed by atoms with Crippen molar-refractivity contribution in [2.75, 3.05) is 0 Å².